The first-order valence-corrected chi connectivity index (χ1v) is 8.65. The van der Waals surface area contributed by atoms with Crippen LogP contribution in [0, 0.1) is 17.7 Å². The molecular formula is C18H19F4N3O. The smallest absolute Gasteiger partial charge is 0.419 e. The summed E-state index contributed by atoms with van der Waals surface area (Å²) in [6.07, 6.45) is -2.12. The number of fused-ring (bicyclic) bond motifs is 1. The normalized spacial score (nSPS) is 24.0. The van der Waals surface area contributed by atoms with Gasteiger partial charge in [0.05, 0.1) is 11.3 Å². The molecule has 3 heterocycles. The first-order chi connectivity index (χ1) is 12.4. The number of piperidine rings is 1. The Hall–Kier alpha value is -1.93. The molecule has 2 aliphatic rings. The summed E-state index contributed by atoms with van der Waals surface area (Å²) in [5.74, 6) is 0.0979. The van der Waals surface area contributed by atoms with Crippen LogP contribution < -0.4 is 5.32 Å². The lowest BCUT2D eigenvalue weighted by Crippen LogP contribution is -2.35. The summed E-state index contributed by atoms with van der Waals surface area (Å²) < 4.78 is 57.4. The number of hydrogen-bond donors (Lipinski definition) is 1. The Labute approximate surface area is 148 Å². The number of nitrogens with one attached hydrogen (secondary N) is 1. The van der Waals surface area contributed by atoms with E-state index < -0.39 is 17.6 Å². The fraction of sp³-hybridized carbons (Fsp3) is 0.500. The predicted octanol–water partition coefficient (Wildman–Crippen LogP) is 3.54. The summed E-state index contributed by atoms with van der Waals surface area (Å²) in [5.41, 5.74) is -0.528. The van der Waals surface area contributed by atoms with Crippen molar-refractivity contribution in [3.05, 3.63) is 41.5 Å². The topological polar surface area (TPSA) is 41.3 Å². The predicted molar refractivity (Wildman–Crippen MR) is 86.6 cm³/mol. The molecule has 140 valence electrons. The maximum atomic E-state index is 13.4. The minimum absolute atomic E-state index is 0.0729. The van der Waals surface area contributed by atoms with Crippen molar-refractivity contribution >= 4 is 0 Å². The van der Waals surface area contributed by atoms with Gasteiger partial charge in [-0.05, 0) is 49.5 Å². The minimum Gasteiger partial charge on any atom is -0.444 e. The summed E-state index contributed by atoms with van der Waals surface area (Å²) in [6, 6.07) is 2.78. The highest BCUT2D eigenvalue weighted by Gasteiger charge is 2.35. The Morgan fingerprint density at radius 3 is 2.81 bits per heavy atom. The number of hydrogen-bond acceptors (Lipinski definition) is 4. The number of alkyl halides is 3. The van der Waals surface area contributed by atoms with E-state index in [0.717, 1.165) is 38.3 Å². The van der Waals surface area contributed by atoms with Crippen molar-refractivity contribution in [3.63, 3.8) is 0 Å². The van der Waals surface area contributed by atoms with Gasteiger partial charge in [0.2, 0.25) is 5.89 Å². The van der Waals surface area contributed by atoms with Crippen LogP contribution >= 0.6 is 0 Å². The van der Waals surface area contributed by atoms with E-state index in [1.165, 1.54) is 18.8 Å². The summed E-state index contributed by atoms with van der Waals surface area (Å²) >= 11 is 0. The fourth-order valence-electron chi connectivity index (χ4n) is 3.92. The van der Waals surface area contributed by atoms with E-state index in [0.29, 0.717) is 24.1 Å². The first kappa shape index (κ1) is 17.5. The lowest BCUT2D eigenvalue weighted by molar-refractivity contribution is -0.139. The van der Waals surface area contributed by atoms with E-state index in [-0.39, 0.29) is 11.5 Å². The van der Waals surface area contributed by atoms with Crippen molar-refractivity contribution in [2.75, 3.05) is 26.2 Å². The van der Waals surface area contributed by atoms with E-state index in [2.05, 4.69) is 15.2 Å². The zero-order valence-corrected chi connectivity index (χ0v) is 14.0. The van der Waals surface area contributed by atoms with Crippen LogP contribution in [-0.4, -0.2) is 36.1 Å². The molecule has 0 bridgehead atoms. The highest BCUT2D eigenvalue weighted by atomic mass is 19.4. The van der Waals surface area contributed by atoms with E-state index in [1.54, 1.807) is 0 Å². The van der Waals surface area contributed by atoms with Crippen molar-refractivity contribution < 1.29 is 22.0 Å². The van der Waals surface area contributed by atoms with Gasteiger partial charge in [0.15, 0.2) is 0 Å². The summed E-state index contributed by atoms with van der Waals surface area (Å²) in [4.78, 5) is 6.60. The van der Waals surface area contributed by atoms with E-state index in [4.69, 9.17) is 4.42 Å². The molecule has 0 aliphatic carbocycles. The molecule has 0 saturated carbocycles. The maximum absolute atomic E-state index is 13.4. The van der Waals surface area contributed by atoms with Crippen molar-refractivity contribution in [1.29, 1.82) is 0 Å². The average molecular weight is 369 g/mol. The molecular weight excluding hydrogens is 350 g/mol. The third kappa shape index (κ3) is 3.48. The maximum Gasteiger partial charge on any atom is 0.419 e. The summed E-state index contributed by atoms with van der Waals surface area (Å²) in [6.45, 7) is 4.66. The second kappa shape index (κ2) is 6.66. The molecule has 2 atom stereocenters. The summed E-state index contributed by atoms with van der Waals surface area (Å²) in [5, 5.41) is 3.40. The number of aromatic nitrogens is 1. The Morgan fingerprint density at radius 2 is 2.04 bits per heavy atom. The van der Waals surface area contributed by atoms with Crippen LogP contribution in [-0.2, 0) is 12.7 Å². The van der Waals surface area contributed by atoms with Crippen LogP contribution in [0.25, 0.3) is 11.5 Å². The fourth-order valence-corrected chi connectivity index (χ4v) is 3.92. The van der Waals surface area contributed by atoms with Gasteiger partial charge in [0.25, 0.3) is 0 Å². The van der Waals surface area contributed by atoms with Gasteiger partial charge in [-0.3, -0.25) is 4.90 Å². The van der Waals surface area contributed by atoms with Gasteiger partial charge in [0, 0.05) is 25.2 Å². The van der Waals surface area contributed by atoms with Crippen LogP contribution in [0.1, 0.15) is 17.7 Å². The van der Waals surface area contributed by atoms with Crippen LogP contribution in [0.15, 0.2) is 28.9 Å². The third-order valence-corrected chi connectivity index (χ3v) is 5.21. The molecule has 0 spiro atoms. The molecule has 26 heavy (non-hydrogen) atoms. The lowest BCUT2D eigenvalue weighted by Gasteiger charge is -2.24. The molecule has 8 heteroatoms. The van der Waals surface area contributed by atoms with Gasteiger partial charge >= 0.3 is 6.18 Å². The molecule has 2 fully saturated rings. The summed E-state index contributed by atoms with van der Waals surface area (Å²) in [7, 11) is 0. The molecule has 4 rings (SSSR count). The molecule has 0 amide bonds. The van der Waals surface area contributed by atoms with E-state index in [1.807, 2.05) is 0 Å². The van der Waals surface area contributed by atoms with Gasteiger partial charge in [0.1, 0.15) is 12.1 Å². The number of halogens is 4. The molecule has 2 aliphatic heterocycles. The number of oxazole rings is 1. The molecule has 1 N–H and O–H groups in total. The monoisotopic (exact) mass is 369 g/mol. The Bertz CT molecular complexity index is 775. The molecule has 1 aromatic carbocycles. The highest BCUT2D eigenvalue weighted by Crippen LogP contribution is 2.34. The van der Waals surface area contributed by atoms with Crippen LogP contribution in [0.2, 0.25) is 0 Å². The van der Waals surface area contributed by atoms with E-state index >= 15 is 0 Å². The molecule has 4 nitrogen and oxygen atoms in total. The molecule has 0 radical (unpaired) electrons. The van der Waals surface area contributed by atoms with Gasteiger partial charge < -0.3 is 9.73 Å². The zero-order chi connectivity index (χ0) is 18.3. The van der Waals surface area contributed by atoms with Crippen LogP contribution in [0.4, 0.5) is 17.6 Å². The Morgan fingerprint density at radius 1 is 1.23 bits per heavy atom. The highest BCUT2D eigenvalue weighted by molar-refractivity contribution is 5.55. The second-order valence-electron chi connectivity index (χ2n) is 7.04. The van der Waals surface area contributed by atoms with Crippen molar-refractivity contribution in [3.8, 4) is 11.5 Å². The van der Waals surface area contributed by atoms with Gasteiger partial charge in [-0.15, -0.1) is 0 Å². The third-order valence-electron chi connectivity index (χ3n) is 5.21. The van der Waals surface area contributed by atoms with Crippen molar-refractivity contribution in [2.24, 2.45) is 11.8 Å². The number of benzene rings is 1. The van der Waals surface area contributed by atoms with Crippen LogP contribution in [0.3, 0.4) is 0 Å². The van der Waals surface area contributed by atoms with Gasteiger partial charge in [-0.1, -0.05) is 0 Å². The number of rotatable bonds is 3. The number of nitrogens with zero attached hydrogens (tertiary/aromatic N) is 2. The molecule has 1 aromatic heterocycles. The lowest BCUT2D eigenvalue weighted by atomic mass is 9.90. The minimum atomic E-state index is -4.75. The van der Waals surface area contributed by atoms with Gasteiger partial charge in [-0.25, -0.2) is 9.37 Å². The van der Waals surface area contributed by atoms with Crippen molar-refractivity contribution in [2.45, 2.75) is 19.1 Å². The molecule has 2 aromatic rings. The van der Waals surface area contributed by atoms with Crippen molar-refractivity contribution in [1.82, 2.24) is 15.2 Å². The second-order valence-corrected chi connectivity index (χ2v) is 7.04. The average Bonchev–Trinajstić information content (AvgIpc) is 3.20. The molecule has 2 saturated heterocycles. The van der Waals surface area contributed by atoms with E-state index in [9.17, 15) is 17.6 Å². The number of likely N-dealkylation sites (tertiary alicyclic amines) is 1. The Kier molecular flexibility index (Phi) is 4.48. The Balaban J connectivity index is 1.48. The largest absolute Gasteiger partial charge is 0.444 e. The van der Waals surface area contributed by atoms with Gasteiger partial charge in [-0.2, -0.15) is 13.2 Å². The van der Waals surface area contributed by atoms with Crippen LogP contribution in [0.5, 0.6) is 0 Å². The zero-order valence-electron chi connectivity index (χ0n) is 14.0. The first-order valence-electron chi connectivity index (χ1n) is 8.65. The standard InChI is InChI=1S/C18H19F4N3O/c19-16-2-1-11(5-15(16)18(20,21)22)17-24-14(10-26-17)9-25-7-12-3-4-23-6-13(12)8-25/h1-2,5,10,12-13,23H,3-4,6-9H2/t12-,13+/m0/s1. The quantitative estimate of drug-likeness (QED) is 0.841. The SMILES string of the molecule is Fc1ccc(-c2nc(CN3C[C@H]4CNCC[C@H]4C3)co2)cc1C(F)(F)F. The molecule has 0 unspecified atom stereocenters.